The van der Waals surface area contributed by atoms with Gasteiger partial charge in [-0.15, -0.1) is 23.7 Å². The number of ether oxygens (including phenoxy) is 1. The number of thiophene rings is 1. The molecular weight excluding hydrogens is 502 g/mol. The summed E-state index contributed by atoms with van der Waals surface area (Å²) in [5, 5.41) is 6.47. The average Bonchev–Trinajstić information content (AvgIpc) is 3.61. The number of carbonyl (C=O) groups excluding carboxylic acids is 1. The molecule has 192 valence electrons. The Kier molecular flexibility index (Phi) is 7.70. The second-order valence-electron chi connectivity index (χ2n) is 9.66. The van der Waals surface area contributed by atoms with Gasteiger partial charge in [-0.3, -0.25) is 4.79 Å². The van der Waals surface area contributed by atoms with Crippen LogP contribution in [0.2, 0.25) is 0 Å². The number of hydrogen-bond donors (Lipinski definition) is 1. The van der Waals surface area contributed by atoms with Gasteiger partial charge in [0.05, 0.1) is 15.9 Å². The normalized spacial score (nSPS) is 14.2. The topological polar surface area (TPSA) is 48.2 Å². The Labute approximate surface area is 227 Å². The summed E-state index contributed by atoms with van der Waals surface area (Å²) in [6.07, 6.45) is 6.49. The lowest BCUT2D eigenvalue weighted by atomic mass is 10.1. The minimum absolute atomic E-state index is 0. The maximum Gasteiger partial charge on any atom is 0.211 e. The summed E-state index contributed by atoms with van der Waals surface area (Å²) in [5.41, 5.74) is 5.05. The van der Waals surface area contributed by atoms with E-state index >= 15 is 0 Å². The fraction of sp³-hybridized carbons (Fsp3) is 0.300. The molecule has 0 bridgehead atoms. The molecule has 37 heavy (non-hydrogen) atoms. The summed E-state index contributed by atoms with van der Waals surface area (Å²) >= 11 is 1.67. The number of para-hydroxylation sites is 1. The molecule has 1 aliphatic heterocycles. The number of rotatable bonds is 8. The Balaban J connectivity index is 0.00000280. The molecule has 0 radical (unpaired) electrons. The number of fused-ring (bicyclic) bond motifs is 2. The van der Waals surface area contributed by atoms with Crippen molar-refractivity contribution in [3.63, 3.8) is 0 Å². The molecule has 1 saturated heterocycles. The van der Waals surface area contributed by atoms with Gasteiger partial charge in [0.15, 0.2) is 0 Å². The van der Waals surface area contributed by atoms with Crippen molar-refractivity contribution >= 4 is 50.6 Å². The van der Waals surface area contributed by atoms with Gasteiger partial charge in [-0.05, 0) is 80.0 Å². The van der Waals surface area contributed by atoms with Crippen LogP contribution in [0.15, 0.2) is 72.2 Å². The largest absolute Gasteiger partial charge is 0.490 e. The number of ketones is 1. The molecule has 1 N–H and O–H groups in total. The van der Waals surface area contributed by atoms with Crippen LogP contribution in [0, 0.1) is 0 Å². The van der Waals surface area contributed by atoms with Crippen LogP contribution in [0.1, 0.15) is 40.9 Å². The van der Waals surface area contributed by atoms with Crippen LogP contribution >= 0.6 is 23.7 Å². The number of piperidine rings is 1. The SMILES string of the molecule is Cl.Cn1c(C(=O)c2cn(CCCc3ccc(OC4CCNCC4)cc3)c3ccccc23)cc2sccc21. The molecule has 3 aromatic heterocycles. The van der Waals surface area contributed by atoms with Crippen LogP contribution in [-0.4, -0.2) is 34.1 Å². The number of nitrogens with one attached hydrogen (secondary N) is 1. The van der Waals surface area contributed by atoms with E-state index in [4.69, 9.17) is 4.74 Å². The first-order valence-electron chi connectivity index (χ1n) is 12.8. The smallest absolute Gasteiger partial charge is 0.211 e. The molecule has 1 aliphatic rings. The first kappa shape index (κ1) is 25.6. The van der Waals surface area contributed by atoms with E-state index in [1.165, 1.54) is 5.56 Å². The van der Waals surface area contributed by atoms with Crippen LogP contribution in [0.4, 0.5) is 0 Å². The van der Waals surface area contributed by atoms with Crippen LogP contribution < -0.4 is 10.1 Å². The van der Waals surface area contributed by atoms with Gasteiger partial charge in [-0.25, -0.2) is 0 Å². The molecule has 6 rings (SSSR count). The Hall–Kier alpha value is -3.06. The van der Waals surface area contributed by atoms with E-state index in [9.17, 15) is 4.79 Å². The van der Waals surface area contributed by atoms with Crippen molar-refractivity contribution in [1.29, 1.82) is 0 Å². The number of halogens is 1. The molecule has 5 aromatic rings. The molecule has 4 heterocycles. The van der Waals surface area contributed by atoms with Crippen molar-refractivity contribution < 1.29 is 9.53 Å². The summed E-state index contributed by atoms with van der Waals surface area (Å²) in [6.45, 7) is 2.94. The second-order valence-corrected chi connectivity index (χ2v) is 10.6. The molecule has 5 nitrogen and oxygen atoms in total. The van der Waals surface area contributed by atoms with Gasteiger partial charge >= 0.3 is 0 Å². The quantitative estimate of drug-likeness (QED) is 0.228. The van der Waals surface area contributed by atoms with Gasteiger partial charge in [0.2, 0.25) is 5.78 Å². The van der Waals surface area contributed by atoms with E-state index in [0.29, 0.717) is 6.10 Å². The van der Waals surface area contributed by atoms with E-state index in [1.807, 2.05) is 36.0 Å². The molecule has 0 atom stereocenters. The van der Waals surface area contributed by atoms with Gasteiger partial charge in [0, 0.05) is 36.3 Å². The van der Waals surface area contributed by atoms with Crippen LogP contribution in [0.3, 0.4) is 0 Å². The Morgan fingerprint density at radius 2 is 1.84 bits per heavy atom. The Bertz CT molecular complexity index is 1510. The van der Waals surface area contributed by atoms with Crippen LogP contribution in [0.5, 0.6) is 5.75 Å². The third-order valence-electron chi connectivity index (χ3n) is 7.31. The van der Waals surface area contributed by atoms with Gasteiger partial charge in [-0.2, -0.15) is 0 Å². The minimum Gasteiger partial charge on any atom is -0.490 e. The lowest BCUT2D eigenvalue weighted by Crippen LogP contribution is -2.34. The lowest BCUT2D eigenvalue weighted by molar-refractivity contribution is 0.103. The lowest BCUT2D eigenvalue weighted by Gasteiger charge is -2.23. The zero-order valence-electron chi connectivity index (χ0n) is 21.0. The van der Waals surface area contributed by atoms with Crippen molar-refractivity contribution in [2.24, 2.45) is 7.05 Å². The summed E-state index contributed by atoms with van der Waals surface area (Å²) in [5.74, 6) is 1.05. The molecule has 7 heteroatoms. The van der Waals surface area contributed by atoms with Crippen molar-refractivity contribution in [3.05, 3.63) is 89.1 Å². The molecule has 0 aliphatic carbocycles. The average molecular weight is 534 g/mol. The summed E-state index contributed by atoms with van der Waals surface area (Å²) < 4.78 is 11.5. The molecule has 0 amide bonds. The van der Waals surface area contributed by atoms with E-state index in [2.05, 4.69) is 57.7 Å². The fourth-order valence-electron chi connectivity index (χ4n) is 5.31. The standard InChI is InChI=1S/C30H31N3O2S.ClH/c1-32-27-14-18-36-29(27)19-28(32)30(34)25-20-33(26-7-3-2-6-24(25)26)17-4-5-21-8-10-22(11-9-21)35-23-12-15-31-16-13-23;/h2-3,6-11,14,18-20,23,31H,4-5,12-13,15-17H2,1H3;1H. The van der Waals surface area contributed by atoms with Crippen molar-refractivity contribution in [2.45, 2.75) is 38.3 Å². The number of carbonyl (C=O) groups is 1. The number of nitrogens with zero attached hydrogens (tertiary/aromatic N) is 2. The highest BCUT2D eigenvalue weighted by Crippen LogP contribution is 2.29. The Morgan fingerprint density at radius 1 is 1.05 bits per heavy atom. The highest BCUT2D eigenvalue weighted by Gasteiger charge is 2.20. The zero-order chi connectivity index (χ0) is 24.5. The molecule has 0 spiro atoms. The maximum absolute atomic E-state index is 13.6. The van der Waals surface area contributed by atoms with Gasteiger partial charge < -0.3 is 19.2 Å². The van der Waals surface area contributed by atoms with E-state index < -0.39 is 0 Å². The summed E-state index contributed by atoms with van der Waals surface area (Å²) in [7, 11) is 1.98. The fourth-order valence-corrected chi connectivity index (χ4v) is 6.16. The molecule has 0 unspecified atom stereocenters. The first-order valence-corrected chi connectivity index (χ1v) is 13.7. The number of aryl methyl sites for hydroxylation is 3. The van der Waals surface area contributed by atoms with Gasteiger partial charge in [0.1, 0.15) is 11.9 Å². The summed E-state index contributed by atoms with van der Waals surface area (Å²) in [6, 6.07) is 20.9. The predicted molar refractivity (Wildman–Crippen MR) is 155 cm³/mol. The number of benzene rings is 2. The van der Waals surface area contributed by atoms with Crippen LogP contribution in [-0.2, 0) is 20.0 Å². The summed E-state index contributed by atoms with van der Waals surface area (Å²) in [4.78, 5) is 13.6. The predicted octanol–water partition coefficient (Wildman–Crippen LogP) is 6.61. The number of hydrogen-bond acceptors (Lipinski definition) is 4. The first-order chi connectivity index (χ1) is 17.7. The second kappa shape index (κ2) is 11.1. The maximum atomic E-state index is 13.6. The Morgan fingerprint density at radius 3 is 2.62 bits per heavy atom. The molecule has 0 saturated carbocycles. The van der Waals surface area contributed by atoms with Crippen molar-refractivity contribution in [1.82, 2.24) is 14.5 Å². The molecule has 2 aromatic carbocycles. The highest BCUT2D eigenvalue weighted by atomic mass is 35.5. The zero-order valence-corrected chi connectivity index (χ0v) is 22.6. The third kappa shape index (κ3) is 5.19. The van der Waals surface area contributed by atoms with Crippen molar-refractivity contribution in [3.8, 4) is 5.75 Å². The van der Waals surface area contributed by atoms with Gasteiger partial charge in [0.25, 0.3) is 0 Å². The number of aromatic nitrogens is 2. The molecule has 1 fully saturated rings. The minimum atomic E-state index is 0. The molecular formula is C30H32ClN3O2S. The van der Waals surface area contributed by atoms with E-state index in [0.717, 1.165) is 83.4 Å². The third-order valence-corrected chi connectivity index (χ3v) is 8.16. The van der Waals surface area contributed by atoms with E-state index in [-0.39, 0.29) is 18.2 Å². The van der Waals surface area contributed by atoms with E-state index in [1.54, 1.807) is 11.3 Å². The van der Waals surface area contributed by atoms with Gasteiger partial charge in [-0.1, -0.05) is 30.3 Å². The van der Waals surface area contributed by atoms with Crippen molar-refractivity contribution in [2.75, 3.05) is 13.1 Å². The monoisotopic (exact) mass is 533 g/mol. The highest BCUT2D eigenvalue weighted by molar-refractivity contribution is 7.17. The van der Waals surface area contributed by atoms with Crippen LogP contribution in [0.25, 0.3) is 21.1 Å².